The predicted molar refractivity (Wildman–Crippen MR) is 279 cm³/mol. The van der Waals surface area contributed by atoms with Crippen LogP contribution in [-0.4, -0.2) is 37.9 Å². The Kier molecular flexibility index (Phi) is 52.4. The molecule has 0 aromatic carbocycles. The lowest BCUT2D eigenvalue weighted by Crippen LogP contribution is -2.30. The van der Waals surface area contributed by atoms with Crippen LogP contribution in [0.1, 0.15) is 265 Å². The molecule has 0 saturated carbocycles. The molecule has 0 spiro atoms. The van der Waals surface area contributed by atoms with Crippen molar-refractivity contribution in [2.24, 2.45) is 0 Å². The maximum absolute atomic E-state index is 12.8. The van der Waals surface area contributed by atoms with E-state index >= 15 is 0 Å². The van der Waals surface area contributed by atoms with Crippen LogP contribution in [-0.2, 0) is 23.8 Å². The van der Waals surface area contributed by atoms with Gasteiger partial charge in [0, 0.05) is 19.4 Å². The first kappa shape index (κ1) is 61.3. The maximum atomic E-state index is 12.8. The number of unbranched alkanes of at least 4 members (excludes halogenated alkanes) is 27. The Morgan fingerprint density at radius 2 is 0.703 bits per heavy atom. The van der Waals surface area contributed by atoms with Crippen LogP contribution in [0.15, 0.2) is 72.9 Å². The van der Waals surface area contributed by atoms with E-state index in [9.17, 15) is 9.59 Å². The molecule has 370 valence electrons. The Labute approximate surface area is 397 Å². The first-order valence-electron chi connectivity index (χ1n) is 27.5. The van der Waals surface area contributed by atoms with Crippen molar-refractivity contribution in [3.05, 3.63) is 72.9 Å². The van der Waals surface area contributed by atoms with E-state index < -0.39 is 6.10 Å². The van der Waals surface area contributed by atoms with Crippen LogP contribution in [0.4, 0.5) is 0 Å². The lowest BCUT2D eigenvalue weighted by molar-refractivity contribution is -0.163. The highest BCUT2D eigenvalue weighted by molar-refractivity contribution is 5.70. The largest absolute Gasteiger partial charge is 0.462 e. The summed E-state index contributed by atoms with van der Waals surface area (Å²) < 4.78 is 17.4. The molecule has 0 rings (SSSR count). The van der Waals surface area contributed by atoms with Crippen molar-refractivity contribution in [3.8, 4) is 0 Å². The summed E-state index contributed by atoms with van der Waals surface area (Å²) in [5, 5.41) is 0. The minimum absolute atomic E-state index is 0.0678. The molecule has 64 heavy (non-hydrogen) atoms. The van der Waals surface area contributed by atoms with Gasteiger partial charge >= 0.3 is 11.9 Å². The summed E-state index contributed by atoms with van der Waals surface area (Å²) in [5.74, 6) is -0.437. The third-order valence-corrected chi connectivity index (χ3v) is 11.7. The molecule has 0 aromatic rings. The lowest BCUT2D eigenvalue weighted by Gasteiger charge is -2.18. The van der Waals surface area contributed by atoms with Crippen molar-refractivity contribution in [3.63, 3.8) is 0 Å². The van der Waals surface area contributed by atoms with Crippen LogP contribution in [0, 0.1) is 0 Å². The van der Waals surface area contributed by atoms with Crippen molar-refractivity contribution in [1.82, 2.24) is 0 Å². The number of allylic oxidation sites excluding steroid dienone is 12. The number of hydrogen-bond acceptors (Lipinski definition) is 5. The second-order valence-corrected chi connectivity index (χ2v) is 18.1. The fraction of sp³-hybridized carbons (Fsp3) is 0.763. The summed E-state index contributed by atoms with van der Waals surface area (Å²) in [6.45, 7) is 7.69. The van der Waals surface area contributed by atoms with Gasteiger partial charge in [-0.2, -0.15) is 0 Å². The van der Waals surface area contributed by atoms with E-state index in [4.69, 9.17) is 14.2 Å². The first-order valence-corrected chi connectivity index (χ1v) is 27.5. The van der Waals surface area contributed by atoms with Crippen LogP contribution in [0.3, 0.4) is 0 Å². The van der Waals surface area contributed by atoms with E-state index in [0.717, 1.165) is 96.3 Å². The predicted octanol–water partition coefficient (Wildman–Crippen LogP) is 18.7. The Hall–Kier alpha value is -2.66. The molecule has 5 nitrogen and oxygen atoms in total. The Bertz CT molecular complexity index is 1150. The summed E-state index contributed by atoms with van der Waals surface area (Å²) in [7, 11) is 0. The van der Waals surface area contributed by atoms with Gasteiger partial charge in [0.05, 0.1) is 6.61 Å². The summed E-state index contributed by atoms with van der Waals surface area (Å²) in [6, 6.07) is 0. The van der Waals surface area contributed by atoms with Crippen molar-refractivity contribution in [2.45, 2.75) is 271 Å². The lowest BCUT2D eigenvalue weighted by atomic mass is 10.0. The SMILES string of the molecule is CC/C=C\C/C=C\C/C=C\C/C=C\C/C=C\CCCCCC(=O)O[C@H](COCCCCCCCCCCCCCCCCCC)COC(=O)CCCCCCC/C=C\CCCCCC. The van der Waals surface area contributed by atoms with Crippen molar-refractivity contribution >= 4 is 11.9 Å². The third-order valence-electron chi connectivity index (χ3n) is 11.7. The zero-order valence-corrected chi connectivity index (χ0v) is 42.5. The third kappa shape index (κ3) is 52.0. The summed E-state index contributed by atoms with van der Waals surface area (Å²) in [6.07, 6.45) is 70.6. The van der Waals surface area contributed by atoms with Crippen LogP contribution in [0.2, 0.25) is 0 Å². The summed E-state index contributed by atoms with van der Waals surface area (Å²) >= 11 is 0. The molecular weight excluding hydrogens is 789 g/mol. The highest BCUT2D eigenvalue weighted by Gasteiger charge is 2.17. The van der Waals surface area contributed by atoms with E-state index in [1.807, 2.05) is 0 Å². The van der Waals surface area contributed by atoms with E-state index in [1.165, 1.54) is 135 Å². The minimum Gasteiger partial charge on any atom is -0.462 e. The molecule has 0 unspecified atom stereocenters. The molecular formula is C59H104O5. The molecule has 0 aliphatic carbocycles. The fourth-order valence-electron chi connectivity index (χ4n) is 7.65. The van der Waals surface area contributed by atoms with Gasteiger partial charge in [0.1, 0.15) is 6.61 Å². The van der Waals surface area contributed by atoms with Gasteiger partial charge in [-0.3, -0.25) is 9.59 Å². The molecule has 0 radical (unpaired) electrons. The van der Waals surface area contributed by atoms with E-state index in [-0.39, 0.29) is 25.2 Å². The van der Waals surface area contributed by atoms with Gasteiger partial charge in [-0.05, 0) is 89.9 Å². The zero-order chi connectivity index (χ0) is 46.3. The highest BCUT2D eigenvalue weighted by Crippen LogP contribution is 2.15. The van der Waals surface area contributed by atoms with Crippen LogP contribution >= 0.6 is 0 Å². The molecule has 1 atom stereocenters. The normalized spacial score (nSPS) is 12.7. The van der Waals surface area contributed by atoms with E-state index in [2.05, 4.69) is 93.7 Å². The maximum Gasteiger partial charge on any atom is 0.306 e. The summed E-state index contributed by atoms with van der Waals surface area (Å²) in [4.78, 5) is 25.4. The summed E-state index contributed by atoms with van der Waals surface area (Å²) in [5.41, 5.74) is 0. The zero-order valence-electron chi connectivity index (χ0n) is 42.5. The molecule has 0 saturated heterocycles. The van der Waals surface area contributed by atoms with Gasteiger partial charge < -0.3 is 14.2 Å². The number of rotatable bonds is 50. The average molecular weight is 893 g/mol. The van der Waals surface area contributed by atoms with Gasteiger partial charge in [0.25, 0.3) is 0 Å². The molecule has 5 heteroatoms. The van der Waals surface area contributed by atoms with Crippen molar-refractivity contribution in [2.75, 3.05) is 19.8 Å². The average Bonchev–Trinajstić information content (AvgIpc) is 3.30. The van der Waals surface area contributed by atoms with Gasteiger partial charge in [-0.15, -0.1) is 0 Å². The minimum atomic E-state index is -0.557. The van der Waals surface area contributed by atoms with Gasteiger partial charge in [-0.25, -0.2) is 0 Å². The molecule has 0 aromatic heterocycles. The number of ether oxygens (including phenoxy) is 3. The Morgan fingerprint density at radius 1 is 0.359 bits per heavy atom. The Morgan fingerprint density at radius 3 is 1.17 bits per heavy atom. The molecule has 0 aliphatic heterocycles. The number of esters is 2. The standard InChI is InChI=1S/C59H104O5/c1-4-7-10-13-16-19-22-25-27-29-30-31-32-35-38-41-44-47-50-53-59(61)64-57(56-63-58(60)52-49-46-43-40-37-34-24-21-18-15-12-9-6-3)55-62-54-51-48-45-42-39-36-33-28-26-23-20-17-14-11-8-5-2/h7,10,16,19,21,24-25,27,30-31,35,38,57H,4-6,8-9,11-15,17-18,20,22-23,26,28-29,32-34,36-37,39-56H2,1-3H3/b10-7-,19-16-,24-21-,27-25-,31-30-,38-35-/t57-/m1/s1. The van der Waals surface area contributed by atoms with Crippen LogP contribution < -0.4 is 0 Å². The van der Waals surface area contributed by atoms with Crippen molar-refractivity contribution in [1.29, 1.82) is 0 Å². The monoisotopic (exact) mass is 893 g/mol. The van der Waals surface area contributed by atoms with Gasteiger partial charge in [0.15, 0.2) is 6.10 Å². The fourth-order valence-corrected chi connectivity index (χ4v) is 7.65. The number of carbonyl (C=O) groups excluding carboxylic acids is 2. The molecule has 0 amide bonds. The van der Waals surface area contributed by atoms with Crippen molar-refractivity contribution < 1.29 is 23.8 Å². The number of hydrogen-bond donors (Lipinski definition) is 0. The topological polar surface area (TPSA) is 61.8 Å². The van der Waals surface area contributed by atoms with Gasteiger partial charge in [-0.1, -0.05) is 235 Å². The molecule has 0 heterocycles. The second kappa shape index (κ2) is 54.7. The first-order chi connectivity index (χ1) is 31.6. The van der Waals surface area contributed by atoms with E-state index in [1.54, 1.807) is 0 Å². The van der Waals surface area contributed by atoms with E-state index in [0.29, 0.717) is 19.4 Å². The Balaban J connectivity index is 4.33. The molecule has 0 bridgehead atoms. The number of carbonyl (C=O) groups is 2. The van der Waals surface area contributed by atoms with Crippen LogP contribution in [0.25, 0.3) is 0 Å². The quantitative estimate of drug-likeness (QED) is 0.0346. The highest BCUT2D eigenvalue weighted by atomic mass is 16.6. The second-order valence-electron chi connectivity index (χ2n) is 18.1. The van der Waals surface area contributed by atoms with Gasteiger partial charge in [0.2, 0.25) is 0 Å². The molecule has 0 N–H and O–H groups in total. The van der Waals surface area contributed by atoms with Crippen LogP contribution in [0.5, 0.6) is 0 Å². The molecule has 0 fully saturated rings. The smallest absolute Gasteiger partial charge is 0.306 e. The molecule has 0 aliphatic rings.